The highest BCUT2D eigenvalue weighted by Gasteiger charge is 2.36. The molecular formula is C17H26N2. The molecule has 0 radical (unpaired) electrons. The minimum absolute atomic E-state index is 0.279. The Hall–Kier alpha value is -0.860. The lowest BCUT2D eigenvalue weighted by Crippen LogP contribution is -2.34. The van der Waals surface area contributed by atoms with Gasteiger partial charge >= 0.3 is 0 Å². The average molecular weight is 258 g/mol. The van der Waals surface area contributed by atoms with E-state index in [0.717, 1.165) is 25.6 Å². The summed E-state index contributed by atoms with van der Waals surface area (Å²) in [7, 11) is 0. The molecule has 104 valence electrons. The lowest BCUT2D eigenvalue weighted by molar-refractivity contribution is 0.422. The Bertz CT molecular complexity index is 415. The van der Waals surface area contributed by atoms with Crippen molar-refractivity contribution in [3.05, 3.63) is 35.4 Å². The zero-order valence-corrected chi connectivity index (χ0v) is 11.8. The quantitative estimate of drug-likeness (QED) is 0.875. The first-order valence-electron chi connectivity index (χ1n) is 7.86. The third-order valence-corrected chi connectivity index (χ3v) is 5.26. The first kappa shape index (κ1) is 13.1. The van der Waals surface area contributed by atoms with Gasteiger partial charge in [0, 0.05) is 12.0 Å². The van der Waals surface area contributed by atoms with Gasteiger partial charge < -0.3 is 11.1 Å². The predicted molar refractivity (Wildman–Crippen MR) is 80.5 cm³/mol. The third kappa shape index (κ3) is 2.44. The minimum atomic E-state index is 0.279. The van der Waals surface area contributed by atoms with E-state index in [0.29, 0.717) is 0 Å². The summed E-state index contributed by atoms with van der Waals surface area (Å²) in [4.78, 5) is 0. The van der Waals surface area contributed by atoms with Crippen LogP contribution in [-0.2, 0) is 5.41 Å². The highest BCUT2D eigenvalue weighted by molar-refractivity contribution is 5.38. The van der Waals surface area contributed by atoms with Crippen LogP contribution >= 0.6 is 0 Å². The number of hydrogen-bond acceptors (Lipinski definition) is 2. The second-order valence-corrected chi connectivity index (χ2v) is 6.30. The Morgan fingerprint density at radius 3 is 2.47 bits per heavy atom. The van der Waals surface area contributed by atoms with Gasteiger partial charge in [-0.25, -0.2) is 0 Å². The van der Waals surface area contributed by atoms with Gasteiger partial charge in [0.05, 0.1) is 0 Å². The van der Waals surface area contributed by atoms with Crippen LogP contribution in [0.4, 0.5) is 0 Å². The van der Waals surface area contributed by atoms with Gasteiger partial charge in [0.2, 0.25) is 0 Å². The molecule has 0 amide bonds. The van der Waals surface area contributed by atoms with Crippen LogP contribution in [0.1, 0.15) is 55.6 Å². The fourth-order valence-corrected chi connectivity index (χ4v) is 4.10. The normalized spacial score (nSPS) is 23.6. The molecule has 2 heteroatoms. The SMILES string of the molecule is NCC1(c2ccccc2C2CCNCC2)CCCC1. The van der Waals surface area contributed by atoms with Gasteiger partial charge in [-0.1, -0.05) is 37.1 Å². The summed E-state index contributed by atoms with van der Waals surface area (Å²) in [5, 5.41) is 3.47. The van der Waals surface area contributed by atoms with E-state index in [1.165, 1.54) is 38.5 Å². The number of piperidine rings is 1. The Labute approximate surface area is 116 Å². The van der Waals surface area contributed by atoms with Crippen molar-refractivity contribution in [3.8, 4) is 0 Å². The predicted octanol–water partition coefficient (Wildman–Crippen LogP) is 2.92. The maximum atomic E-state index is 6.19. The molecular weight excluding hydrogens is 232 g/mol. The van der Waals surface area contributed by atoms with E-state index in [1.54, 1.807) is 11.1 Å². The molecule has 0 aromatic heterocycles. The van der Waals surface area contributed by atoms with E-state index in [2.05, 4.69) is 29.6 Å². The van der Waals surface area contributed by atoms with Crippen molar-refractivity contribution in [2.24, 2.45) is 5.73 Å². The molecule has 1 aromatic rings. The van der Waals surface area contributed by atoms with Crippen LogP contribution in [0.15, 0.2) is 24.3 Å². The largest absolute Gasteiger partial charge is 0.330 e. The van der Waals surface area contributed by atoms with E-state index in [4.69, 9.17) is 5.73 Å². The van der Waals surface area contributed by atoms with Gasteiger partial charge in [0.25, 0.3) is 0 Å². The Morgan fingerprint density at radius 1 is 1.11 bits per heavy atom. The molecule has 2 fully saturated rings. The summed E-state index contributed by atoms with van der Waals surface area (Å²) in [6.07, 6.45) is 7.81. The van der Waals surface area contributed by atoms with Gasteiger partial charge in [-0.3, -0.25) is 0 Å². The monoisotopic (exact) mass is 258 g/mol. The lowest BCUT2D eigenvalue weighted by atomic mass is 9.73. The van der Waals surface area contributed by atoms with Crippen molar-refractivity contribution in [3.63, 3.8) is 0 Å². The molecule has 0 atom stereocenters. The lowest BCUT2D eigenvalue weighted by Gasteiger charge is -2.34. The molecule has 0 bridgehead atoms. The molecule has 1 heterocycles. The number of hydrogen-bond donors (Lipinski definition) is 2. The maximum absolute atomic E-state index is 6.19. The van der Waals surface area contributed by atoms with Crippen LogP contribution in [0.2, 0.25) is 0 Å². The first-order valence-corrected chi connectivity index (χ1v) is 7.86. The van der Waals surface area contributed by atoms with E-state index in [9.17, 15) is 0 Å². The minimum Gasteiger partial charge on any atom is -0.330 e. The first-order chi connectivity index (χ1) is 9.36. The summed E-state index contributed by atoms with van der Waals surface area (Å²) in [5.41, 5.74) is 9.63. The Kier molecular flexibility index (Phi) is 3.90. The summed E-state index contributed by atoms with van der Waals surface area (Å²) in [6, 6.07) is 9.13. The second-order valence-electron chi connectivity index (χ2n) is 6.30. The fourth-order valence-electron chi connectivity index (χ4n) is 4.10. The molecule has 1 aliphatic carbocycles. The number of benzene rings is 1. The molecule has 2 nitrogen and oxygen atoms in total. The van der Waals surface area contributed by atoms with Crippen LogP contribution in [0.3, 0.4) is 0 Å². The van der Waals surface area contributed by atoms with Gasteiger partial charge in [-0.15, -0.1) is 0 Å². The van der Waals surface area contributed by atoms with Crippen LogP contribution in [0.5, 0.6) is 0 Å². The molecule has 3 N–H and O–H groups in total. The van der Waals surface area contributed by atoms with Crippen LogP contribution in [0.25, 0.3) is 0 Å². The van der Waals surface area contributed by atoms with Crippen molar-refractivity contribution >= 4 is 0 Å². The van der Waals surface area contributed by atoms with Gasteiger partial charge in [-0.05, 0) is 55.8 Å². The number of rotatable bonds is 3. The molecule has 1 aromatic carbocycles. The summed E-state index contributed by atoms with van der Waals surface area (Å²) in [5.74, 6) is 0.737. The summed E-state index contributed by atoms with van der Waals surface area (Å²) in [6.45, 7) is 3.14. The average Bonchev–Trinajstić information content (AvgIpc) is 2.98. The van der Waals surface area contributed by atoms with E-state index in [1.807, 2.05) is 0 Å². The Balaban J connectivity index is 1.96. The van der Waals surface area contributed by atoms with Crippen molar-refractivity contribution in [2.45, 2.75) is 49.9 Å². The van der Waals surface area contributed by atoms with Crippen molar-refractivity contribution < 1.29 is 0 Å². The van der Waals surface area contributed by atoms with Gasteiger partial charge in [0.1, 0.15) is 0 Å². The second kappa shape index (κ2) is 5.64. The standard InChI is InChI=1S/C17H26N2/c18-13-17(9-3-4-10-17)16-6-2-1-5-15(16)14-7-11-19-12-8-14/h1-2,5-6,14,19H,3-4,7-13,18H2. The highest BCUT2D eigenvalue weighted by atomic mass is 14.9. The molecule has 1 aliphatic heterocycles. The van der Waals surface area contributed by atoms with Crippen molar-refractivity contribution in [1.29, 1.82) is 0 Å². The van der Waals surface area contributed by atoms with Gasteiger partial charge in [-0.2, -0.15) is 0 Å². The smallest absolute Gasteiger partial charge is 0.00783 e. The maximum Gasteiger partial charge on any atom is 0.00783 e. The number of nitrogens with two attached hydrogens (primary N) is 1. The molecule has 1 saturated carbocycles. The topological polar surface area (TPSA) is 38.0 Å². The summed E-state index contributed by atoms with van der Waals surface area (Å²) >= 11 is 0. The van der Waals surface area contributed by atoms with Crippen molar-refractivity contribution in [2.75, 3.05) is 19.6 Å². The van der Waals surface area contributed by atoms with E-state index in [-0.39, 0.29) is 5.41 Å². The van der Waals surface area contributed by atoms with Crippen molar-refractivity contribution in [1.82, 2.24) is 5.32 Å². The zero-order valence-electron chi connectivity index (χ0n) is 11.8. The third-order valence-electron chi connectivity index (χ3n) is 5.26. The molecule has 0 spiro atoms. The molecule has 19 heavy (non-hydrogen) atoms. The Morgan fingerprint density at radius 2 is 1.79 bits per heavy atom. The molecule has 0 unspecified atom stereocenters. The number of nitrogens with one attached hydrogen (secondary N) is 1. The fraction of sp³-hybridized carbons (Fsp3) is 0.647. The van der Waals surface area contributed by atoms with Crippen LogP contribution in [-0.4, -0.2) is 19.6 Å². The molecule has 2 aliphatic rings. The van der Waals surface area contributed by atoms with Crippen LogP contribution < -0.4 is 11.1 Å². The van der Waals surface area contributed by atoms with E-state index >= 15 is 0 Å². The van der Waals surface area contributed by atoms with Gasteiger partial charge in [0.15, 0.2) is 0 Å². The molecule has 3 rings (SSSR count). The summed E-state index contributed by atoms with van der Waals surface area (Å²) < 4.78 is 0. The van der Waals surface area contributed by atoms with Crippen LogP contribution in [0, 0.1) is 0 Å². The zero-order chi connectivity index (χ0) is 13.1. The molecule has 1 saturated heterocycles. The highest BCUT2D eigenvalue weighted by Crippen LogP contribution is 2.44. The van der Waals surface area contributed by atoms with E-state index < -0.39 is 0 Å².